The number of hydrogen-bond donors (Lipinski definition) is 1. The van der Waals surface area contributed by atoms with E-state index in [9.17, 15) is 30.8 Å². The van der Waals surface area contributed by atoms with Gasteiger partial charge in [-0.2, -0.15) is 31.6 Å². The lowest BCUT2D eigenvalue weighted by Crippen LogP contribution is -2.66. The molecule has 304 valence electrons. The molecule has 1 amide bonds. The minimum atomic E-state index is -5.28. The first-order chi connectivity index (χ1) is 26.4. The van der Waals surface area contributed by atoms with E-state index in [0.717, 1.165) is 12.5 Å². The van der Waals surface area contributed by atoms with Crippen LogP contribution >= 0.6 is 0 Å². The predicted molar refractivity (Wildman–Crippen MR) is 190 cm³/mol. The molecule has 0 radical (unpaired) electrons. The number of benzene rings is 1. The Kier molecular flexibility index (Phi) is 9.50. The first-order valence-corrected chi connectivity index (χ1v) is 20.3. The lowest BCUT2D eigenvalue weighted by Gasteiger charge is -2.48. The van der Waals surface area contributed by atoms with Gasteiger partial charge in [0.2, 0.25) is 5.88 Å². The van der Waals surface area contributed by atoms with Gasteiger partial charge in [-0.3, -0.25) is 13.9 Å². The van der Waals surface area contributed by atoms with E-state index in [0.29, 0.717) is 31.9 Å². The summed E-state index contributed by atoms with van der Waals surface area (Å²) in [5, 5.41) is -0.0841. The van der Waals surface area contributed by atoms with Gasteiger partial charge in [0.1, 0.15) is 52.7 Å². The summed E-state index contributed by atoms with van der Waals surface area (Å²) in [6.07, 6.45) is -5.82. The Bertz CT molecular complexity index is 2200. The minimum Gasteiger partial charge on any atom is -0.472 e. The van der Waals surface area contributed by atoms with Crippen molar-refractivity contribution in [1.29, 1.82) is 0 Å². The third kappa shape index (κ3) is 6.35. The highest BCUT2D eigenvalue weighted by molar-refractivity contribution is 7.86. The molecule has 13 nitrogen and oxygen atoms in total. The predicted octanol–water partition coefficient (Wildman–Crippen LogP) is 5.00. The van der Waals surface area contributed by atoms with Crippen LogP contribution in [-0.4, -0.2) is 113 Å². The number of nitrogens with zero attached hydrogens (tertiary/aromatic N) is 6. The Morgan fingerprint density at radius 3 is 2.62 bits per heavy atom. The van der Waals surface area contributed by atoms with Crippen molar-refractivity contribution in [2.24, 2.45) is 0 Å². The zero-order valence-corrected chi connectivity index (χ0v) is 31.6. The second kappa shape index (κ2) is 13.7. The van der Waals surface area contributed by atoms with Gasteiger partial charge in [-0.25, -0.2) is 18.2 Å². The summed E-state index contributed by atoms with van der Waals surface area (Å²) in [7, 11) is -3.99. The van der Waals surface area contributed by atoms with Gasteiger partial charge in [0.25, 0.3) is 16.0 Å². The molecule has 0 spiro atoms. The number of halogens is 6. The van der Waals surface area contributed by atoms with Crippen molar-refractivity contribution >= 4 is 38.4 Å². The maximum Gasteiger partial charge on any atom is 0.419 e. The number of carbonyl (C=O) groups excluding carboxylic acids is 1. The second-order valence-electron chi connectivity index (χ2n) is 15.3. The molecule has 5 aliphatic heterocycles. The summed E-state index contributed by atoms with van der Waals surface area (Å²) in [5.41, 5.74) is 0.495. The van der Waals surface area contributed by atoms with Gasteiger partial charge in [0.05, 0.1) is 23.4 Å². The number of fused-ring (bicyclic) bond motifs is 6. The van der Waals surface area contributed by atoms with E-state index in [1.165, 1.54) is 6.92 Å². The van der Waals surface area contributed by atoms with Gasteiger partial charge < -0.3 is 25.0 Å². The Balaban J connectivity index is 1.27. The highest BCUT2D eigenvalue weighted by Gasteiger charge is 2.55. The number of pyridine rings is 1. The highest BCUT2D eigenvalue weighted by atomic mass is 32.2. The summed E-state index contributed by atoms with van der Waals surface area (Å²) < 4.78 is 132. The first kappa shape index (κ1) is 38.7. The van der Waals surface area contributed by atoms with Crippen molar-refractivity contribution in [1.82, 2.24) is 24.8 Å². The zero-order chi connectivity index (χ0) is 40.1. The van der Waals surface area contributed by atoms with Crippen LogP contribution < -0.4 is 20.1 Å². The molecule has 2 N–H and O–H groups in total. The van der Waals surface area contributed by atoms with E-state index in [1.54, 1.807) is 18.7 Å². The number of nitrogen functional groups attached to an aromatic ring is 1. The van der Waals surface area contributed by atoms with Crippen molar-refractivity contribution < 1.29 is 53.2 Å². The fourth-order valence-electron chi connectivity index (χ4n) is 9.45. The number of ether oxygens (including phenoxy) is 2. The Hall–Kier alpha value is -4.17. The van der Waals surface area contributed by atoms with Crippen molar-refractivity contribution in [3.05, 3.63) is 29.3 Å². The Labute approximate surface area is 318 Å². The van der Waals surface area contributed by atoms with E-state index in [2.05, 4.69) is 9.97 Å². The number of aromatic nitrogens is 3. The summed E-state index contributed by atoms with van der Waals surface area (Å²) in [4.78, 5) is 32.8. The summed E-state index contributed by atoms with van der Waals surface area (Å²) in [6.45, 7) is 5.66. The smallest absolute Gasteiger partial charge is 0.419 e. The third-order valence-corrected chi connectivity index (χ3v) is 13.1. The molecule has 1 aromatic carbocycles. The van der Waals surface area contributed by atoms with E-state index < -0.39 is 104 Å². The summed E-state index contributed by atoms with van der Waals surface area (Å²) >= 11 is 0. The summed E-state index contributed by atoms with van der Waals surface area (Å²) in [5.74, 6) is -4.19. The number of piperazine rings is 1. The maximum absolute atomic E-state index is 17.0. The van der Waals surface area contributed by atoms with Crippen LogP contribution in [-0.2, 0) is 25.3 Å². The number of anilines is 2. The van der Waals surface area contributed by atoms with Crippen LogP contribution in [0.3, 0.4) is 0 Å². The molecule has 56 heavy (non-hydrogen) atoms. The zero-order valence-electron chi connectivity index (χ0n) is 30.8. The SMILES string of the molecule is CC[C@@H](OS(=O)(=O)CC)C(=O)N1[C@@H]2CC[C@H]1[C@H]1[C@H](C)Oc3nc(-c4cc(N)cc(F)c4C(F)(F)F)c(F)c4nc(OC[C@@]56CCCN5C[C@H](F)C6)nc(c34)N1C2. The molecule has 2 bridgehead atoms. The quantitative estimate of drug-likeness (QED) is 0.176. The molecule has 0 saturated carbocycles. The average Bonchev–Trinajstić information content (AvgIpc) is 3.74. The topological polar surface area (TPSA) is 153 Å². The lowest BCUT2D eigenvalue weighted by molar-refractivity contribution is -0.143. The molecule has 2 aromatic heterocycles. The molecular formula is C36H41F6N7O6S. The molecular weight excluding hydrogens is 772 g/mol. The van der Waals surface area contributed by atoms with Crippen molar-refractivity contribution in [3.63, 3.8) is 0 Å². The molecule has 4 fully saturated rings. The van der Waals surface area contributed by atoms with Gasteiger partial charge in [-0.05, 0) is 64.6 Å². The number of amides is 1. The highest BCUT2D eigenvalue weighted by Crippen LogP contribution is 2.49. The van der Waals surface area contributed by atoms with Gasteiger partial charge in [0.15, 0.2) is 11.9 Å². The minimum absolute atomic E-state index is 0.0492. The van der Waals surface area contributed by atoms with Crippen LogP contribution in [0.2, 0.25) is 0 Å². The van der Waals surface area contributed by atoms with Gasteiger partial charge in [-0.1, -0.05) is 6.92 Å². The maximum atomic E-state index is 17.0. The molecule has 5 aliphatic rings. The number of carbonyl (C=O) groups is 1. The van der Waals surface area contributed by atoms with Crippen LogP contribution in [0.25, 0.3) is 22.2 Å². The van der Waals surface area contributed by atoms with Gasteiger partial charge in [-0.15, -0.1) is 0 Å². The molecule has 8 rings (SSSR count). The molecule has 0 aliphatic carbocycles. The van der Waals surface area contributed by atoms with Crippen LogP contribution in [0.15, 0.2) is 12.1 Å². The number of alkyl halides is 4. The molecule has 7 atom stereocenters. The number of rotatable bonds is 9. The van der Waals surface area contributed by atoms with Crippen LogP contribution in [0.1, 0.15) is 64.9 Å². The fraction of sp³-hybridized carbons (Fsp3) is 0.611. The molecule has 0 unspecified atom stereocenters. The van der Waals surface area contributed by atoms with E-state index in [4.69, 9.17) is 24.4 Å². The average molecular weight is 814 g/mol. The van der Waals surface area contributed by atoms with Crippen LogP contribution in [0.4, 0.5) is 37.8 Å². The van der Waals surface area contributed by atoms with E-state index >= 15 is 8.78 Å². The third-order valence-electron chi connectivity index (χ3n) is 11.9. The number of hydrogen-bond acceptors (Lipinski definition) is 12. The number of nitrogens with two attached hydrogens (primary N) is 1. The van der Waals surface area contributed by atoms with Gasteiger partial charge in [0, 0.05) is 36.8 Å². The van der Waals surface area contributed by atoms with Crippen molar-refractivity contribution in [3.8, 4) is 23.1 Å². The normalized spacial score (nSPS) is 27.9. The second-order valence-corrected chi connectivity index (χ2v) is 17.2. The van der Waals surface area contributed by atoms with E-state index in [1.807, 2.05) is 9.80 Å². The monoisotopic (exact) mass is 813 g/mol. The van der Waals surface area contributed by atoms with E-state index in [-0.39, 0.29) is 61.4 Å². The molecule has 20 heteroatoms. The molecule has 4 saturated heterocycles. The Morgan fingerprint density at radius 2 is 1.91 bits per heavy atom. The standard InChI is InChI=1S/C36H41F6N7O6S/c1-4-24(55-56(51,52)5-2)33(50)49-20-7-8-23(49)30-17(3)54-32-25-29(27(39)28(44-32)21-11-19(43)12-22(38)26(21)36(40,41)42)45-34(46-31(25)48(30)15-20)53-16-35-9-6-10-47(35)14-18(37)13-35/h11-12,17-18,20,23-24,30H,4-10,13-16,43H2,1-3H3/t17-,18+,20+,23-,24+,30+,35-/m0/s1. The summed E-state index contributed by atoms with van der Waals surface area (Å²) in [6, 6.07) is -0.873. The largest absolute Gasteiger partial charge is 0.472 e. The van der Waals surface area contributed by atoms with Crippen LogP contribution in [0.5, 0.6) is 11.9 Å². The Morgan fingerprint density at radius 1 is 1.14 bits per heavy atom. The van der Waals surface area contributed by atoms with Crippen molar-refractivity contribution in [2.75, 3.05) is 42.6 Å². The van der Waals surface area contributed by atoms with Gasteiger partial charge >= 0.3 is 12.2 Å². The van der Waals surface area contributed by atoms with Crippen molar-refractivity contribution in [2.45, 2.75) is 108 Å². The van der Waals surface area contributed by atoms with Crippen LogP contribution in [0, 0.1) is 11.6 Å². The first-order valence-electron chi connectivity index (χ1n) is 18.7. The lowest BCUT2D eigenvalue weighted by atomic mass is 9.95. The molecule has 3 aromatic rings. The fourth-order valence-corrected chi connectivity index (χ4v) is 10.2. The molecule has 7 heterocycles.